The van der Waals surface area contributed by atoms with Crippen molar-refractivity contribution in [2.45, 2.75) is 0 Å². The summed E-state index contributed by atoms with van der Waals surface area (Å²) in [6.07, 6.45) is 5.43. The molecule has 0 radical (unpaired) electrons. The molecule has 0 fully saturated rings. The summed E-state index contributed by atoms with van der Waals surface area (Å²) in [5.74, 6) is 0.642. The Morgan fingerprint density at radius 3 is 2.36 bits per heavy atom. The van der Waals surface area contributed by atoms with Crippen LogP contribution in [0, 0.1) is 22.7 Å². The van der Waals surface area contributed by atoms with Crippen molar-refractivity contribution in [1.82, 2.24) is 0 Å². The average Bonchev–Trinajstić information content (AvgIpc) is 2.58. The molecule has 0 aliphatic rings. The lowest BCUT2D eigenvalue weighted by Gasteiger charge is -2.06. The third kappa shape index (κ3) is 4.37. The number of hydrogen-bond acceptors (Lipinski definition) is 3. The van der Waals surface area contributed by atoms with Crippen molar-refractivity contribution in [2.75, 3.05) is 6.61 Å². The molecule has 2 aromatic carbocycles. The van der Waals surface area contributed by atoms with Gasteiger partial charge in [-0.05, 0) is 23.8 Å². The van der Waals surface area contributed by atoms with Gasteiger partial charge in [0.05, 0.1) is 0 Å². The highest BCUT2D eigenvalue weighted by Gasteiger charge is 2.01. The molecule has 0 spiro atoms. The molecule has 0 saturated heterocycles. The van der Waals surface area contributed by atoms with E-state index in [9.17, 15) is 0 Å². The molecule has 0 aliphatic heterocycles. The van der Waals surface area contributed by atoms with Crippen molar-refractivity contribution in [3.8, 4) is 17.9 Å². The van der Waals surface area contributed by atoms with E-state index >= 15 is 0 Å². The van der Waals surface area contributed by atoms with Crippen LogP contribution in [0.1, 0.15) is 11.1 Å². The fourth-order valence-electron chi connectivity index (χ4n) is 1.86. The third-order valence-corrected chi connectivity index (χ3v) is 2.90. The average molecular weight is 286 g/mol. The van der Waals surface area contributed by atoms with E-state index in [1.54, 1.807) is 0 Å². The van der Waals surface area contributed by atoms with Crippen LogP contribution in [-0.4, -0.2) is 6.61 Å². The Labute approximate surface area is 130 Å². The number of para-hydroxylation sites is 1. The van der Waals surface area contributed by atoms with Crippen molar-refractivity contribution in [3.05, 3.63) is 77.4 Å². The van der Waals surface area contributed by atoms with Gasteiger partial charge in [0.15, 0.2) is 0 Å². The maximum atomic E-state index is 8.83. The van der Waals surface area contributed by atoms with E-state index in [1.807, 2.05) is 78.9 Å². The van der Waals surface area contributed by atoms with Crippen LogP contribution in [0.4, 0.5) is 0 Å². The van der Waals surface area contributed by atoms with E-state index in [0.717, 1.165) is 5.56 Å². The molecular weight excluding hydrogens is 272 g/mol. The summed E-state index contributed by atoms with van der Waals surface area (Å²) in [6, 6.07) is 21.0. The number of allylic oxidation sites excluding steroid dienone is 1. The molecule has 0 aromatic heterocycles. The Hall–Kier alpha value is -3.30. The molecule has 0 heterocycles. The number of hydrogen-bond donors (Lipinski definition) is 0. The van der Waals surface area contributed by atoms with Gasteiger partial charge in [-0.3, -0.25) is 0 Å². The number of ether oxygens (including phenoxy) is 1. The summed E-state index contributed by atoms with van der Waals surface area (Å²) in [5.41, 5.74) is 1.88. The molecule has 0 amide bonds. The van der Waals surface area contributed by atoms with E-state index in [1.165, 1.54) is 6.08 Å². The van der Waals surface area contributed by atoms with Gasteiger partial charge in [0.1, 0.15) is 30.1 Å². The minimum Gasteiger partial charge on any atom is -0.489 e. The van der Waals surface area contributed by atoms with Gasteiger partial charge in [-0.25, -0.2) is 0 Å². The van der Waals surface area contributed by atoms with Crippen LogP contribution in [0.3, 0.4) is 0 Å². The van der Waals surface area contributed by atoms with E-state index < -0.39 is 0 Å². The van der Waals surface area contributed by atoms with Gasteiger partial charge in [0.25, 0.3) is 0 Å². The van der Waals surface area contributed by atoms with Gasteiger partial charge in [0, 0.05) is 5.56 Å². The first-order chi connectivity index (χ1) is 10.8. The van der Waals surface area contributed by atoms with E-state index in [2.05, 4.69) is 0 Å². The molecule has 0 N–H and O–H groups in total. The fraction of sp³-hybridized carbons (Fsp3) is 0.0526. The highest BCUT2D eigenvalue weighted by atomic mass is 16.5. The lowest BCUT2D eigenvalue weighted by Crippen LogP contribution is -1.95. The fourth-order valence-corrected chi connectivity index (χ4v) is 1.86. The Bertz CT molecular complexity index is 746. The van der Waals surface area contributed by atoms with Crippen molar-refractivity contribution in [1.29, 1.82) is 10.5 Å². The first-order valence-corrected chi connectivity index (χ1v) is 6.79. The third-order valence-electron chi connectivity index (χ3n) is 2.90. The summed E-state index contributed by atoms with van der Waals surface area (Å²) >= 11 is 0. The van der Waals surface area contributed by atoms with Crippen LogP contribution in [0.5, 0.6) is 5.75 Å². The van der Waals surface area contributed by atoms with Crippen LogP contribution in [0.2, 0.25) is 0 Å². The molecule has 2 aromatic rings. The van der Waals surface area contributed by atoms with Crippen molar-refractivity contribution < 1.29 is 4.74 Å². The molecular formula is C19H14N2O. The van der Waals surface area contributed by atoms with Gasteiger partial charge in [-0.2, -0.15) is 10.5 Å². The Balaban J connectivity index is 2.05. The second-order valence-electron chi connectivity index (χ2n) is 4.44. The maximum Gasteiger partial charge on any atom is 0.130 e. The summed E-state index contributed by atoms with van der Waals surface area (Å²) < 4.78 is 5.70. The molecule has 0 bridgehead atoms. The second-order valence-corrected chi connectivity index (χ2v) is 4.44. The highest BCUT2D eigenvalue weighted by Crippen LogP contribution is 2.20. The zero-order valence-electron chi connectivity index (χ0n) is 11.9. The molecule has 3 heteroatoms. The number of rotatable bonds is 5. The summed E-state index contributed by atoms with van der Waals surface area (Å²) in [4.78, 5) is 0. The predicted molar refractivity (Wildman–Crippen MR) is 86.6 cm³/mol. The SMILES string of the molecule is N#CC(C#N)=Cc1ccccc1OCC=Cc1ccccc1. The summed E-state index contributed by atoms with van der Waals surface area (Å²) in [6.45, 7) is 0.411. The first-order valence-electron chi connectivity index (χ1n) is 6.79. The molecule has 0 unspecified atom stereocenters. The predicted octanol–water partition coefficient (Wildman–Crippen LogP) is 4.21. The largest absolute Gasteiger partial charge is 0.489 e. The van der Waals surface area contributed by atoms with E-state index in [4.69, 9.17) is 15.3 Å². The molecule has 106 valence electrons. The van der Waals surface area contributed by atoms with E-state index in [-0.39, 0.29) is 5.57 Å². The molecule has 2 rings (SSSR count). The molecule has 22 heavy (non-hydrogen) atoms. The molecule has 0 aliphatic carbocycles. The van der Waals surface area contributed by atoms with Crippen LogP contribution < -0.4 is 4.74 Å². The van der Waals surface area contributed by atoms with Crippen molar-refractivity contribution in [3.63, 3.8) is 0 Å². The van der Waals surface area contributed by atoms with E-state index in [0.29, 0.717) is 17.9 Å². The first kappa shape index (κ1) is 15.1. The Morgan fingerprint density at radius 1 is 0.955 bits per heavy atom. The maximum absolute atomic E-state index is 8.83. The zero-order valence-corrected chi connectivity index (χ0v) is 11.9. The minimum atomic E-state index is 0.0517. The highest BCUT2D eigenvalue weighted by molar-refractivity contribution is 5.66. The normalized spacial score (nSPS) is 9.73. The lowest BCUT2D eigenvalue weighted by molar-refractivity contribution is 0.363. The monoisotopic (exact) mass is 286 g/mol. The van der Waals surface area contributed by atoms with Gasteiger partial charge in [-0.1, -0.05) is 54.6 Å². The Kier molecular flexibility index (Phi) is 5.55. The minimum absolute atomic E-state index is 0.0517. The van der Waals surface area contributed by atoms with Gasteiger partial charge in [0.2, 0.25) is 0 Å². The molecule has 0 atom stereocenters. The molecule has 3 nitrogen and oxygen atoms in total. The lowest BCUT2D eigenvalue weighted by atomic mass is 10.1. The van der Waals surface area contributed by atoms with Crippen LogP contribution in [-0.2, 0) is 0 Å². The van der Waals surface area contributed by atoms with Crippen molar-refractivity contribution >= 4 is 12.2 Å². The Morgan fingerprint density at radius 2 is 1.64 bits per heavy atom. The number of benzene rings is 2. The smallest absolute Gasteiger partial charge is 0.130 e. The van der Waals surface area contributed by atoms with Gasteiger partial charge < -0.3 is 4.74 Å². The summed E-state index contributed by atoms with van der Waals surface area (Å²) in [5, 5.41) is 17.7. The van der Waals surface area contributed by atoms with Crippen molar-refractivity contribution in [2.24, 2.45) is 0 Å². The van der Waals surface area contributed by atoms with Gasteiger partial charge in [-0.15, -0.1) is 0 Å². The van der Waals surface area contributed by atoms with Crippen LogP contribution in [0.25, 0.3) is 12.2 Å². The second kappa shape index (κ2) is 8.09. The van der Waals surface area contributed by atoms with Gasteiger partial charge >= 0.3 is 0 Å². The number of nitriles is 2. The summed E-state index contributed by atoms with van der Waals surface area (Å²) in [7, 11) is 0. The zero-order chi connectivity index (χ0) is 15.6. The number of nitrogens with zero attached hydrogens (tertiary/aromatic N) is 2. The van der Waals surface area contributed by atoms with Crippen LogP contribution >= 0.6 is 0 Å². The standard InChI is InChI=1S/C19H14N2O/c20-14-17(15-21)13-18-10-4-5-11-19(18)22-12-6-9-16-7-2-1-3-8-16/h1-11,13H,12H2. The topological polar surface area (TPSA) is 56.8 Å². The molecule has 0 saturated carbocycles. The van der Waals surface area contributed by atoms with Crippen LogP contribution in [0.15, 0.2) is 66.2 Å². The quantitative estimate of drug-likeness (QED) is 0.774.